The molecule has 2 atom stereocenters. The van der Waals surface area contributed by atoms with Crippen molar-refractivity contribution in [2.75, 3.05) is 154 Å². The van der Waals surface area contributed by atoms with Gasteiger partial charge >= 0.3 is 31.0 Å². The zero-order valence-corrected chi connectivity index (χ0v) is 54.0. The van der Waals surface area contributed by atoms with Crippen molar-refractivity contribution in [3.63, 3.8) is 0 Å². The minimum atomic E-state index is -1.23. The molecule has 4 aromatic rings. The Morgan fingerprint density at radius 2 is 0.946 bits per heavy atom. The van der Waals surface area contributed by atoms with Gasteiger partial charge in [-0.1, -0.05) is 48.5 Å². The predicted octanol–water partition coefficient (Wildman–Crippen LogP) is -0.261. The number of rotatable bonds is 24. The topological polar surface area (TPSA) is 277 Å². The van der Waals surface area contributed by atoms with Gasteiger partial charge in [0.25, 0.3) is 0 Å². The number of carboxylic acids is 1. The van der Waals surface area contributed by atoms with E-state index < -0.39 is 36.2 Å². The van der Waals surface area contributed by atoms with Gasteiger partial charge in [-0.2, -0.15) is 0 Å². The molecule has 492 valence electrons. The summed E-state index contributed by atoms with van der Waals surface area (Å²) in [5, 5.41) is 18.8. The Kier molecular flexibility index (Phi) is 29.0. The number of carbonyl (C=O) groups excluding carboxylic acids is 10. The first-order chi connectivity index (χ1) is 43.2. The number of nitrogens with one attached hydrogen (secondary N) is 3. The van der Waals surface area contributed by atoms with E-state index in [-0.39, 0.29) is 118 Å². The fourth-order valence-corrected chi connectivity index (χ4v) is 10.1. The van der Waals surface area contributed by atoms with Crippen LogP contribution in [-0.2, 0) is 51.3 Å². The van der Waals surface area contributed by atoms with Crippen LogP contribution >= 0.6 is 0 Å². The molecule has 4 aromatic carbocycles. The number of hydrogen-bond acceptors (Lipinski definition) is 18. The molecule has 0 aliphatic carbocycles. The predicted molar refractivity (Wildman–Crippen MR) is 334 cm³/mol. The maximum absolute atomic E-state index is 15.1. The average Bonchev–Trinajstić information content (AvgIpc) is 1.57. The number of likely N-dealkylation sites (N-methyl/N-ethyl adjacent to an activating group) is 4. The third-order valence-electron chi connectivity index (χ3n) is 15.1. The van der Waals surface area contributed by atoms with E-state index in [1.165, 1.54) is 35.8 Å². The summed E-state index contributed by atoms with van der Waals surface area (Å²) in [6.45, 7) is 10.0. The summed E-state index contributed by atoms with van der Waals surface area (Å²) in [6, 6.07) is 23.3. The Morgan fingerprint density at radius 1 is 0.554 bits per heavy atom. The molecule has 25 nitrogen and oxygen atoms in total. The Morgan fingerprint density at radius 3 is 1.32 bits per heavy atom. The van der Waals surface area contributed by atoms with Crippen LogP contribution in [0.15, 0.2) is 84.9 Å². The molecule has 3 N–H and O–H groups in total. The Balaban J connectivity index is 0.000000275. The van der Waals surface area contributed by atoms with Gasteiger partial charge in [-0.25, -0.2) is 18.4 Å². The molecular weight excluding hydrogens is 1190 g/mol. The molecule has 28 heteroatoms. The van der Waals surface area contributed by atoms with E-state index in [0.29, 0.717) is 86.2 Å². The smallest absolute Gasteiger partial charge is 0.550 e. The molecule has 0 aromatic heterocycles. The van der Waals surface area contributed by atoms with E-state index >= 15 is 4.39 Å². The van der Waals surface area contributed by atoms with Crippen molar-refractivity contribution in [3.8, 4) is 0 Å². The normalized spacial score (nSPS) is 16.1. The van der Waals surface area contributed by atoms with Crippen LogP contribution in [0.3, 0.4) is 0 Å². The molecule has 4 fully saturated rings. The molecule has 0 unspecified atom stereocenters. The summed E-state index contributed by atoms with van der Waals surface area (Å²) in [5.74, 6) is -2.96. The third-order valence-corrected chi connectivity index (χ3v) is 15.1. The molecule has 0 spiro atoms. The van der Waals surface area contributed by atoms with Crippen LogP contribution in [0.25, 0.3) is 0 Å². The number of anilines is 4. The summed E-state index contributed by atoms with van der Waals surface area (Å²) in [6.07, 6.45) is -2.26. The third kappa shape index (κ3) is 23.0. The Hall–Kier alpha value is -8.48. The molecular formula is C64H83F2LiN12O13. The van der Waals surface area contributed by atoms with E-state index in [2.05, 4.69) is 16.0 Å². The molecule has 0 saturated carbocycles. The van der Waals surface area contributed by atoms with E-state index in [4.69, 9.17) is 9.47 Å². The van der Waals surface area contributed by atoms with Crippen LogP contribution in [0.4, 0.5) is 41.1 Å². The number of carbonyl (C=O) groups is 10. The molecule has 4 aliphatic rings. The number of ketones is 2. The maximum Gasteiger partial charge on any atom is 1.00 e. The van der Waals surface area contributed by atoms with E-state index in [1.54, 1.807) is 94.4 Å². The second-order valence-corrected chi connectivity index (χ2v) is 23.1. The van der Waals surface area contributed by atoms with Gasteiger partial charge in [-0.3, -0.25) is 43.4 Å². The summed E-state index contributed by atoms with van der Waals surface area (Å²) in [4.78, 5) is 133. The molecule has 7 amide bonds. The van der Waals surface area contributed by atoms with Crippen molar-refractivity contribution in [1.29, 1.82) is 0 Å². The second-order valence-electron chi connectivity index (χ2n) is 23.1. The molecule has 4 aliphatic heterocycles. The second kappa shape index (κ2) is 35.9. The van der Waals surface area contributed by atoms with Crippen LogP contribution in [0.1, 0.15) is 71.4 Å². The molecule has 4 heterocycles. The largest absolute Gasteiger partial charge is 1.00 e. The van der Waals surface area contributed by atoms with Crippen LogP contribution in [0, 0.1) is 11.6 Å². The van der Waals surface area contributed by atoms with Crippen molar-refractivity contribution in [1.82, 2.24) is 40.4 Å². The zero-order chi connectivity index (χ0) is 66.5. The molecule has 4 saturated heterocycles. The van der Waals surface area contributed by atoms with E-state index in [1.807, 2.05) is 55.0 Å². The SMILES string of the molecule is CC(=O)NC[C@H]1CN(c2ccc(N3CCN(C(=O)CCC(=O)c4ccc(CN(C)C(=O)CN(C)C)cc4)CC3)c(F)c2)C(=O)O1.CC(=O)NC[C@H]1CN(c2ccc(N3CCNCC3)c(F)c2)C(=O)O1.CN(C)CC(=O)N(C)Cc1ccc(C(=O)CCC(=O)[O-])cc1.[Li+]. The number of nitrogens with zero attached hydrogens (tertiary/aromatic N) is 9. The average molecular weight is 1270 g/mol. The van der Waals surface area contributed by atoms with Crippen LogP contribution < -0.4 is 59.5 Å². The number of benzene rings is 4. The molecule has 0 radical (unpaired) electrons. The maximum atomic E-state index is 15.1. The van der Waals surface area contributed by atoms with Gasteiger partial charge in [0.1, 0.15) is 23.8 Å². The number of cyclic esters (lactones) is 2. The summed E-state index contributed by atoms with van der Waals surface area (Å²) in [7, 11) is 10.8. The Labute approximate surface area is 547 Å². The van der Waals surface area contributed by atoms with Gasteiger partial charge < -0.3 is 69.6 Å². The Bertz CT molecular complexity index is 3220. The first-order valence-corrected chi connectivity index (χ1v) is 30.0. The van der Waals surface area contributed by atoms with Crippen molar-refractivity contribution < 1.29 is 90.2 Å². The minimum Gasteiger partial charge on any atom is -0.550 e. The summed E-state index contributed by atoms with van der Waals surface area (Å²) in [5.41, 5.74) is 4.54. The van der Waals surface area contributed by atoms with Gasteiger partial charge in [-0.15, -0.1) is 0 Å². The standard InChI is InChI=1S/C32H41FN6O6.C16H21FN4O3.C16H22N2O4.Li/c1-22(40)34-18-26-20-39(32(44)45-26)25-9-10-28(27(33)17-25)37-13-15-38(16-14-37)30(42)12-11-29(41)24-7-5-23(6-8-24)19-36(4)31(43)21-35(2)3;1-11(22)19-9-13-10-21(16(23)24-13)12-2-3-15(14(17)8-12)20-6-4-18-5-7-20;1-17(2)11-15(20)18(3)10-12-4-6-13(7-5-12)14(19)8-9-16(21)22;/h5-10,17,26H,11-16,18-21H2,1-4H3,(H,34,40);2-3,8,13,18H,4-7,9-10H2,1H3,(H,19,22);4-7H,8-11H2,1-3H3,(H,21,22);/q;;;+1/p-1/t26-;13-;;/m00../s1. The van der Waals surface area contributed by atoms with Crippen LogP contribution in [0.5, 0.6) is 0 Å². The van der Waals surface area contributed by atoms with Crippen molar-refractivity contribution in [2.45, 2.75) is 64.8 Å². The first kappa shape index (κ1) is 74.2. The van der Waals surface area contributed by atoms with E-state index in [0.717, 1.165) is 37.3 Å². The number of Topliss-reactive ketones (excluding diaryl/α,β-unsaturated/α-hetero) is 2. The monoisotopic (exact) mass is 1270 g/mol. The van der Waals surface area contributed by atoms with Crippen molar-refractivity contribution in [2.24, 2.45) is 0 Å². The molecule has 0 bridgehead atoms. The van der Waals surface area contributed by atoms with Crippen molar-refractivity contribution >= 4 is 82.0 Å². The number of hydrogen-bond donors (Lipinski definition) is 3. The zero-order valence-electron chi connectivity index (χ0n) is 54.0. The van der Waals surface area contributed by atoms with Crippen LogP contribution in [0.2, 0.25) is 0 Å². The molecule has 8 rings (SSSR count). The quantitative estimate of drug-likeness (QED) is 0.0602. The number of aliphatic carboxylic acids is 1. The minimum absolute atomic E-state index is 0. The van der Waals surface area contributed by atoms with Crippen LogP contribution in [-0.4, -0.2) is 230 Å². The first-order valence-electron chi connectivity index (χ1n) is 30.0. The van der Waals surface area contributed by atoms with E-state index in [9.17, 15) is 57.4 Å². The fraction of sp³-hybridized carbons (Fsp3) is 0.469. The van der Waals surface area contributed by atoms with Gasteiger partial charge in [0.15, 0.2) is 11.6 Å². The summed E-state index contributed by atoms with van der Waals surface area (Å²) >= 11 is 0. The summed E-state index contributed by atoms with van der Waals surface area (Å²) < 4.78 is 40.1. The van der Waals surface area contributed by atoms with Gasteiger partial charge in [0.05, 0.1) is 62.0 Å². The molecule has 92 heavy (non-hydrogen) atoms. The number of piperazine rings is 2. The number of halogens is 2. The van der Waals surface area contributed by atoms with Gasteiger partial charge in [-0.05, 0) is 82.1 Å². The van der Waals surface area contributed by atoms with Gasteiger partial charge in [0, 0.05) is 130 Å². The number of amides is 7. The number of ether oxygens (including phenoxy) is 2. The number of carboxylic acid groups (broad SMARTS) is 1. The van der Waals surface area contributed by atoms with Gasteiger partial charge in [0.2, 0.25) is 29.5 Å². The fourth-order valence-electron chi connectivity index (χ4n) is 10.1. The van der Waals surface area contributed by atoms with Crippen molar-refractivity contribution in [3.05, 3.63) is 119 Å².